The van der Waals surface area contributed by atoms with Gasteiger partial charge in [-0.05, 0) is 18.3 Å². The minimum Gasteiger partial charge on any atom is -0.390 e. The van der Waals surface area contributed by atoms with Crippen LogP contribution in [0.5, 0.6) is 0 Å². The summed E-state index contributed by atoms with van der Waals surface area (Å²) in [6, 6.07) is 0. The second-order valence-corrected chi connectivity index (χ2v) is 7.38. The molecule has 3 rings (SSSR count). The van der Waals surface area contributed by atoms with Crippen LogP contribution >= 0.6 is 0 Å². The van der Waals surface area contributed by atoms with Gasteiger partial charge in [0.1, 0.15) is 0 Å². The molecule has 6 heteroatoms. The predicted molar refractivity (Wildman–Crippen MR) is 84.7 cm³/mol. The first-order chi connectivity index (χ1) is 11.1. The number of aliphatic hydroxyl groups excluding tert-OH is 1. The molecule has 2 saturated heterocycles. The van der Waals surface area contributed by atoms with E-state index in [1.165, 1.54) is 11.3 Å². The molecule has 6 nitrogen and oxygen atoms in total. The van der Waals surface area contributed by atoms with Gasteiger partial charge in [-0.15, -0.1) is 0 Å². The predicted octanol–water partition coefficient (Wildman–Crippen LogP) is 0.779. The lowest BCUT2D eigenvalue weighted by Gasteiger charge is -2.43. The van der Waals surface area contributed by atoms with Crippen LogP contribution in [0.4, 0.5) is 0 Å². The summed E-state index contributed by atoms with van der Waals surface area (Å²) in [7, 11) is 0. The largest absolute Gasteiger partial charge is 0.390 e. The maximum atomic E-state index is 12.5. The van der Waals surface area contributed by atoms with Crippen molar-refractivity contribution in [3.63, 3.8) is 0 Å². The van der Waals surface area contributed by atoms with E-state index in [0.29, 0.717) is 32.6 Å². The normalized spacial score (nSPS) is 27.4. The highest BCUT2D eigenvalue weighted by molar-refractivity contribution is 5.98. The summed E-state index contributed by atoms with van der Waals surface area (Å²) >= 11 is 0. The fourth-order valence-electron chi connectivity index (χ4n) is 4.24. The van der Waals surface area contributed by atoms with Crippen molar-refractivity contribution < 1.29 is 19.4 Å². The zero-order chi connectivity index (χ0) is 16.3. The maximum Gasteiger partial charge on any atom is 0.229 e. The van der Waals surface area contributed by atoms with Gasteiger partial charge in [0, 0.05) is 32.5 Å². The first-order valence-corrected chi connectivity index (χ1v) is 8.89. The van der Waals surface area contributed by atoms with Crippen LogP contribution in [0.2, 0.25) is 0 Å². The molecular weight excluding hydrogens is 296 g/mol. The van der Waals surface area contributed by atoms with Crippen molar-refractivity contribution in [3.8, 4) is 0 Å². The molecule has 0 bridgehead atoms. The van der Waals surface area contributed by atoms with Gasteiger partial charge in [-0.2, -0.15) is 0 Å². The summed E-state index contributed by atoms with van der Waals surface area (Å²) in [5.41, 5.74) is -0.0852. The van der Waals surface area contributed by atoms with Crippen LogP contribution in [0.15, 0.2) is 0 Å². The number of amides is 2. The second-order valence-electron chi connectivity index (χ2n) is 7.38. The number of aliphatic hydroxyl groups is 1. The van der Waals surface area contributed by atoms with Crippen LogP contribution in [0.1, 0.15) is 44.9 Å². The molecule has 2 heterocycles. The highest BCUT2D eigenvalue weighted by atomic mass is 16.5. The van der Waals surface area contributed by atoms with E-state index in [1.807, 2.05) is 0 Å². The van der Waals surface area contributed by atoms with Gasteiger partial charge in [-0.1, -0.05) is 19.3 Å². The number of carbonyl (C=O) groups excluding carboxylic acids is 2. The summed E-state index contributed by atoms with van der Waals surface area (Å²) in [5.74, 6) is -0.187. The summed E-state index contributed by atoms with van der Waals surface area (Å²) in [6.45, 7) is 3.56. The Morgan fingerprint density at radius 1 is 1.00 bits per heavy atom. The summed E-state index contributed by atoms with van der Waals surface area (Å²) in [5, 5.41) is 10.3. The van der Waals surface area contributed by atoms with E-state index in [2.05, 4.69) is 4.90 Å². The highest BCUT2D eigenvalue weighted by Gasteiger charge is 2.44. The zero-order valence-corrected chi connectivity index (χ0v) is 13.8. The van der Waals surface area contributed by atoms with Gasteiger partial charge in [0.15, 0.2) is 0 Å². The molecule has 3 fully saturated rings. The lowest BCUT2D eigenvalue weighted by Crippen LogP contribution is -2.52. The molecule has 1 saturated carbocycles. The standard InChI is InChI=1S/C17H28N2O4/c20-14(12-18-6-8-23-9-7-18)13-19-15(21)10-17(11-16(19)22)4-2-1-3-5-17/h14,20H,1-13H2. The Bertz CT molecular complexity index is 422. The highest BCUT2D eigenvalue weighted by Crippen LogP contribution is 2.45. The van der Waals surface area contributed by atoms with E-state index in [9.17, 15) is 14.7 Å². The molecule has 2 amide bonds. The molecule has 0 aromatic carbocycles. The zero-order valence-electron chi connectivity index (χ0n) is 13.8. The Labute approximate surface area is 137 Å². The topological polar surface area (TPSA) is 70.1 Å². The van der Waals surface area contributed by atoms with Crippen molar-refractivity contribution in [2.75, 3.05) is 39.4 Å². The van der Waals surface area contributed by atoms with Crippen LogP contribution in [-0.2, 0) is 14.3 Å². The molecule has 130 valence electrons. The number of imide groups is 1. The molecule has 2 aliphatic heterocycles. The third kappa shape index (κ3) is 4.11. The first-order valence-electron chi connectivity index (χ1n) is 8.89. The summed E-state index contributed by atoms with van der Waals surface area (Å²) in [4.78, 5) is 28.3. The number of hydrogen-bond donors (Lipinski definition) is 1. The quantitative estimate of drug-likeness (QED) is 0.774. The molecule has 1 aliphatic carbocycles. The number of nitrogens with zero attached hydrogens (tertiary/aromatic N) is 2. The third-order valence-corrected chi connectivity index (χ3v) is 5.53. The van der Waals surface area contributed by atoms with Crippen LogP contribution in [0.25, 0.3) is 0 Å². The van der Waals surface area contributed by atoms with E-state index in [0.717, 1.165) is 38.8 Å². The minimum atomic E-state index is -0.679. The Morgan fingerprint density at radius 3 is 2.22 bits per heavy atom. The average Bonchev–Trinajstić information content (AvgIpc) is 2.53. The summed E-state index contributed by atoms with van der Waals surface area (Å²) < 4.78 is 5.29. The molecule has 1 atom stereocenters. The van der Waals surface area contributed by atoms with Crippen LogP contribution in [-0.4, -0.2) is 72.2 Å². The third-order valence-electron chi connectivity index (χ3n) is 5.53. The first kappa shape index (κ1) is 16.9. The Morgan fingerprint density at radius 2 is 1.61 bits per heavy atom. The van der Waals surface area contributed by atoms with Crippen molar-refractivity contribution in [1.29, 1.82) is 0 Å². The Kier molecular flexibility index (Phi) is 5.34. The molecule has 1 spiro atoms. The van der Waals surface area contributed by atoms with Gasteiger partial charge >= 0.3 is 0 Å². The molecule has 0 aromatic rings. The maximum absolute atomic E-state index is 12.5. The number of piperidine rings is 1. The van der Waals surface area contributed by atoms with Crippen molar-refractivity contribution >= 4 is 11.8 Å². The lowest BCUT2D eigenvalue weighted by atomic mass is 9.67. The van der Waals surface area contributed by atoms with Crippen LogP contribution < -0.4 is 0 Å². The van der Waals surface area contributed by atoms with Gasteiger partial charge in [0.2, 0.25) is 11.8 Å². The van der Waals surface area contributed by atoms with Crippen molar-refractivity contribution in [3.05, 3.63) is 0 Å². The van der Waals surface area contributed by atoms with E-state index >= 15 is 0 Å². The van der Waals surface area contributed by atoms with E-state index < -0.39 is 6.10 Å². The number of β-amino-alcohol motifs (C(OH)–C–C–N with tert-alkyl or cyclic N) is 1. The number of likely N-dealkylation sites (tertiary alicyclic amines) is 1. The van der Waals surface area contributed by atoms with Crippen LogP contribution in [0, 0.1) is 5.41 Å². The van der Waals surface area contributed by atoms with Gasteiger partial charge in [-0.25, -0.2) is 0 Å². The summed E-state index contributed by atoms with van der Waals surface area (Å²) in [6.07, 6.45) is 5.73. The van der Waals surface area contributed by atoms with Gasteiger partial charge in [-0.3, -0.25) is 19.4 Å². The van der Waals surface area contributed by atoms with Crippen LogP contribution in [0.3, 0.4) is 0 Å². The van der Waals surface area contributed by atoms with Gasteiger partial charge < -0.3 is 9.84 Å². The second kappa shape index (κ2) is 7.28. The molecule has 23 heavy (non-hydrogen) atoms. The smallest absolute Gasteiger partial charge is 0.229 e. The molecule has 3 aliphatic rings. The Hall–Kier alpha value is -0.980. The Balaban J connectivity index is 1.53. The molecule has 0 aromatic heterocycles. The van der Waals surface area contributed by atoms with Gasteiger partial charge in [0.25, 0.3) is 0 Å². The number of carbonyl (C=O) groups is 2. The molecular formula is C17H28N2O4. The SMILES string of the molecule is O=C1CC2(CCCCC2)CC(=O)N1CC(O)CN1CCOCC1. The fraction of sp³-hybridized carbons (Fsp3) is 0.882. The number of ether oxygens (including phenoxy) is 1. The van der Waals surface area contributed by atoms with Crippen molar-refractivity contribution in [2.24, 2.45) is 5.41 Å². The van der Waals surface area contributed by atoms with E-state index in [4.69, 9.17) is 4.74 Å². The number of hydrogen-bond acceptors (Lipinski definition) is 5. The van der Waals surface area contributed by atoms with E-state index in [1.54, 1.807) is 0 Å². The molecule has 1 unspecified atom stereocenters. The van der Waals surface area contributed by atoms with Gasteiger partial charge in [0.05, 0.1) is 25.9 Å². The lowest BCUT2D eigenvalue weighted by molar-refractivity contribution is -0.156. The number of morpholine rings is 1. The number of rotatable bonds is 4. The van der Waals surface area contributed by atoms with E-state index in [-0.39, 0.29) is 23.8 Å². The average molecular weight is 324 g/mol. The fourth-order valence-corrected chi connectivity index (χ4v) is 4.24. The minimum absolute atomic E-state index is 0.0852. The monoisotopic (exact) mass is 324 g/mol. The molecule has 1 N–H and O–H groups in total. The molecule has 0 radical (unpaired) electrons. The van der Waals surface area contributed by atoms with Crippen molar-refractivity contribution in [2.45, 2.75) is 51.0 Å². The van der Waals surface area contributed by atoms with Crippen molar-refractivity contribution in [1.82, 2.24) is 9.80 Å².